The summed E-state index contributed by atoms with van der Waals surface area (Å²) in [6.07, 6.45) is 2.87. The highest BCUT2D eigenvalue weighted by Gasteiger charge is 2.41. The Morgan fingerprint density at radius 3 is 2.47 bits per heavy atom. The van der Waals surface area contributed by atoms with Crippen LogP contribution in [0.3, 0.4) is 0 Å². The van der Waals surface area contributed by atoms with Gasteiger partial charge in [-0.25, -0.2) is 4.79 Å². The minimum absolute atomic E-state index is 0.0932. The van der Waals surface area contributed by atoms with Gasteiger partial charge < -0.3 is 20.7 Å². The van der Waals surface area contributed by atoms with Crippen molar-refractivity contribution < 1.29 is 9.53 Å². The molecule has 0 aromatic rings. The summed E-state index contributed by atoms with van der Waals surface area (Å²) >= 11 is 0. The molecule has 0 aliphatic carbocycles. The number of rotatable bonds is 1. The van der Waals surface area contributed by atoms with Crippen LogP contribution in [0.15, 0.2) is 0 Å². The fourth-order valence-electron chi connectivity index (χ4n) is 3.16. The lowest BCUT2D eigenvalue weighted by molar-refractivity contribution is 0.0150. The van der Waals surface area contributed by atoms with Crippen LogP contribution in [0, 0.1) is 5.92 Å². The van der Waals surface area contributed by atoms with Crippen LogP contribution in [0.1, 0.15) is 40.0 Å². The summed E-state index contributed by atoms with van der Waals surface area (Å²) in [7, 11) is 0. The molecule has 5 nitrogen and oxygen atoms in total. The van der Waals surface area contributed by atoms with E-state index >= 15 is 0 Å². The molecule has 0 bridgehead atoms. The van der Waals surface area contributed by atoms with Gasteiger partial charge in [0.1, 0.15) is 5.60 Å². The molecule has 2 aliphatic rings. The number of nitrogens with zero attached hydrogens (tertiary/aromatic N) is 1. The van der Waals surface area contributed by atoms with Crippen molar-refractivity contribution in [3.8, 4) is 0 Å². The van der Waals surface area contributed by atoms with Gasteiger partial charge >= 0.3 is 6.09 Å². The zero-order valence-electron chi connectivity index (χ0n) is 12.3. The van der Waals surface area contributed by atoms with Crippen molar-refractivity contribution in [2.24, 2.45) is 11.7 Å². The second-order valence-corrected chi connectivity index (χ2v) is 6.70. The number of nitrogens with two attached hydrogens (primary N) is 1. The van der Waals surface area contributed by atoms with Crippen LogP contribution in [-0.4, -0.2) is 48.3 Å². The van der Waals surface area contributed by atoms with Crippen LogP contribution in [0.5, 0.6) is 0 Å². The van der Waals surface area contributed by atoms with Crippen molar-refractivity contribution in [3.05, 3.63) is 0 Å². The molecule has 0 spiro atoms. The Morgan fingerprint density at radius 1 is 1.26 bits per heavy atom. The summed E-state index contributed by atoms with van der Waals surface area (Å²) < 4.78 is 5.51. The number of nitrogens with one attached hydrogen (secondary N) is 1. The van der Waals surface area contributed by atoms with Gasteiger partial charge in [0.15, 0.2) is 0 Å². The molecule has 3 N–H and O–H groups in total. The van der Waals surface area contributed by atoms with Gasteiger partial charge in [-0.2, -0.15) is 0 Å². The van der Waals surface area contributed by atoms with Crippen molar-refractivity contribution in [2.45, 2.75) is 57.7 Å². The van der Waals surface area contributed by atoms with E-state index < -0.39 is 5.60 Å². The van der Waals surface area contributed by atoms with Crippen molar-refractivity contribution in [1.82, 2.24) is 10.2 Å². The summed E-state index contributed by atoms with van der Waals surface area (Å²) in [6, 6.07) is 0.243. The molecule has 2 fully saturated rings. The van der Waals surface area contributed by atoms with Gasteiger partial charge in [-0.1, -0.05) is 0 Å². The zero-order valence-corrected chi connectivity index (χ0v) is 12.3. The number of carbonyl (C=O) groups is 1. The Kier molecular flexibility index (Phi) is 4.36. The summed E-state index contributed by atoms with van der Waals surface area (Å²) in [6.45, 7) is 8.48. The third-order valence-electron chi connectivity index (χ3n) is 4.00. The number of amides is 1. The number of piperidine rings is 1. The summed E-state index contributed by atoms with van der Waals surface area (Å²) in [5.74, 6) is 0.506. The molecule has 0 saturated carbocycles. The van der Waals surface area contributed by atoms with E-state index in [0.717, 1.165) is 38.9 Å². The number of carbonyl (C=O) groups excluding carboxylic acids is 1. The number of likely N-dealkylation sites (tertiary alicyclic amines) is 1. The van der Waals surface area contributed by atoms with E-state index in [4.69, 9.17) is 10.5 Å². The molecule has 2 heterocycles. The Bertz CT molecular complexity index is 321. The minimum Gasteiger partial charge on any atom is -0.444 e. The van der Waals surface area contributed by atoms with Crippen LogP contribution in [-0.2, 0) is 4.74 Å². The van der Waals surface area contributed by atoms with Crippen LogP contribution in [0.25, 0.3) is 0 Å². The molecule has 2 aliphatic heterocycles. The third-order valence-corrected chi connectivity index (χ3v) is 4.00. The maximum absolute atomic E-state index is 12.3. The van der Waals surface area contributed by atoms with Crippen molar-refractivity contribution in [3.63, 3.8) is 0 Å². The molecule has 0 aromatic heterocycles. The zero-order chi connectivity index (χ0) is 14.0. The highest BCUT2D eigenvalue weighted by atomic mass is 16.6. The van der Waals surface area contributed by atoms with Gasteiger partial charge in [0.2, 0.25) is 0 Å². The van der Waals surface area contributed by atoms with Gasteiger partial charge in [-0.15, -0.1) is 0 Å². The lowest BCUT2D eigenvalue weighted by atomic mass is 9.87. The minimum atomic E-state index is -0.442. The Balaban J connectivity index is 2.04. The fraction of sp³-hybridized carbons (Fsp3) is 0.929. The van der Waals surface area contributed by atoms with Crippen LogP contribution in [0.4, 0.5) is 4.79 Å². The highest BCUT2D eigenvalue weighted by molar-refractivity contribution is 5.69. The van der Waals surface area contributed by atoms with E-state index in [-0.39, 0.29) is 18.2 Å². The molecule has 0 radical (unpaired) electrons. The van der Waals surface area contributed by atoms with Gasteiger partial charge in [0, 0.05) is 12.6 Å². The monoisotopic (exact) mass is 269 g/mol. The molecule has 19 heavy (non-hydrogen) atoms. The smallest absolute Gasteiger partial charge is 0.410 e. The molecule has 2 rings (SSSR count). The SMILES string of the molecule is CC(C)(C)OC(=O)N1CC[C@@H](N)[C@@H]1C1CCNCC1. The van der Waals surface area contributed by atoms with E-state index in [1.54, 1.807) is 0 Å². The van der Waals surface area contributed by atoms with E-state index in [1.165, 1.54) is 0 Å². The van der Waals surface area contributed by atoms with Gasteiger partial charge in [0.05, 0.1) is 6.04 Å². The first-order valence-corrected chi connectivity index (χ1v) is 7.34. The van der Waals surface area contributed by atoms with E-state index in [0.29, 0.717) is 5.92 Å². The van der Waals surface area contributed by atoms with Crippen molar-refractivity contribution >= 4 is 6.09 Å². The molecular weight excluding hydrogens is 242 g/mol. The molecular formula is C14H27N3O2. The van der Waals surface area contributed by atoms with Crippen molar-refractivity contribution in [2.75, 3.05) is 19.6 Å². The van der Waals surface area contributed by atoms with Crippen molar-refractivity contribution in [1.29, 1.82) is 0 Å². The Hall–Kier alpha value is -0.810. The van der Waals surface area contributed by atoms with Crippen LogP contribution >= 0.6 is 0 Å². The van der Waals surface area contributed by atoms with E-state index in [9.17, 15) is 4.79 Å². The molecule has 110 valence electrons. The maximum Gasteiger partial charge on any atom is 0.410 e. The number of hydrogen-bond acceptors (Lipinski definition) is 4. The molecule has 2 saturated heterocycles. The molecule has 5 heteroatoms. The first kappa shape index (κ1) is 14.6. The largest absolute Gasteiger partial charge is 0.444 e. The van der Waals surface area contributed by atoms with Gasteiger partial charge in [-0.3, -0.25) is 0 Å². The predicted molar refractivity (Wildman–Crippen MR) is 74.9 cm³/mol. The Morgan fingerprint density at radius 2 is 1.89 bits per heavy atom. The maximum atomic E-state index is 12.3. The predicted octanol–water partition coefficient (Wildman–Crippen LogP) is 1.32. The molecule has 1 amide bonds. The average molecular weight is 269 g/mol. The topological polar surface area (TPSA) is 67.6 Å². The van der Waals surface area contributed by atoms with E-state index in [2.05, 4.69) is 5.32 Å². The second kappa shape index (κ2) is 5.67. The molecule has 0 aromatic carbocycles. The second-order valence-electron chi connectivity index (χ2n) is 6.70. The highest BCUT2D eigenvalue weighted by Crippen LogP contribution is 2.30. The average Bonchev–Trinajstić information content (AvgIpc) is 2.70. The first-order chi connectivity index (χ1) is 8.88. The fourth-order valence-corrected chi connectivity index (χ4v) is 3.16. The quantitative estimate of drug-likeness (QED) is 0.753. The summed E-state index contributed by atoms with van der Waals surface area (Å²) in [5, 5.41) is 3.36. The molecule has 0 unspecified atom stereocenters. The third kappa shape index (κ3) is 3.60. The standard InChI is InChI=1S/C14H27N3O2/c1-14(2,3)19-13(18)17-9-6-11(15)12(17)10-4-7-16-8-5-10/h10-12,16H,4-9,15H2,1-3H3/t11-,12+/m1/s1. The molecule has 2 atom stereocenters. The first-order valence-electron chi connectivity index (χ1n) is 7.34. The van der Waals surface area contributed by atoms with Gasteiger partial charge in [-0.05, 0) is 59.0 Å². The van der Waals surface area contributed by atoms with E-state index in [1.807, 2.05) is 25.7 Å². The van der Waals surface area contributed by atoms with Gasteiger partial charge in [0.25, 0.3) is 0 Å². The Labute approximate surface area is 115 Å². The lowest BCUT2D eigenvalue weighted by Gasteiger charge is -2.36. The summed E-state index contributed by atoms with van der Waals surface area (Å²) in [5.41, 5.74) is 5.79. The number of hydrogen-bond donors (Lipinski definition) is 2. The van der Waals surface area contributed by atoms with Crippen LogP contribution < -0.4 is 11.1 Å². The lowest BCUT2D eigenvalue weighted by Crippen LogP contribution is -2.51. The normalized spacial score (nSPS) is 29.6. The summed E-state index contributed by atoms with van der Waals surface area (Å²) in [4.78, 5) is 14.2. The van der Waals surface area contributed by atoms with Crippen LogP contribution in [0.2, 0.25) is 0 Å². The number of ether oxygens (including phenoxy) is 1.